The quantitative estimate of drug-likeness (QED) is 0.786. The van der Waals surface area contributed by atoms with Crippen LogP contribution >= 0.6 is 0 Å². The lowest BCUT2D eigenvalue weighted by Crippen LogP contribution is -2.57. The van der Waals surface area contributed by atoms with Gasteiger partial charge in [0.25, 0.3) is 0 Å². The van der Waals surface area contributed by atoms with Crippen LogP contribution in [0, 0.1) is 17.2 Å². The van der Waals surface area contributed by atoms with Crippen molar-refractivity contribution in [3.63, 3.8) is 0 Å². The van der Waals surface area contributed by atoms with E-state index in [2.05, 4.69) is 23.2 Å². The highest BCUT2D eigenvalue weighted by Gasteiger charge is 2.37. The molecule has 0 aromatic heterocycles. The summed E-state index contributed by atoms with van der Waals surface area (Å²) >= 11 is 0. The number of amides is 1. The van der Waals surface area contributed by atoms with Crippen LogP contribution in [0.5, 0.6) is 0 Å². The van der Waals surface area contributed by atoms with Crippen molar-refractivity contribution in [1.29, 1.82) is 5.26 Å². The Labute approximate surface area is 140 Å². The van der Waals surface area contributed by atoms with Gasteiger partial charge < -0.3 is 16.0 Å². The average molecular weight is 320 g/mol. The van der Waals surface area contributed by atoms with Crippen LogP contribution in [0.25, 0.3) is 0 Å². The minimum atomic E-state index is -0.717. The third-order valence-corrected chi connectivity index (χ3v) is 5.47. The monoisotopic (exact) mass is 320 g/mol. The fourth-order valence-electron chi connectivity index (χ4n) is 3.96. The van der Waals surface area contributed by atoms with Gasteiger partial charge in [0.05, 0.1) is 12.1 Å². The number of hydrogen-bond donors (Lipinski definition) is 2. The van der Waals surface area contributed by atoms with Gasteiger partial charge in [0.1, 0.15) is 5.54 Å². The first-order valence-electron chi connectivity index (χ1n) is 9.30. The molecule has 3 N–H and O–H groups in total. The summed E-state index contributed by atoms with van der Waals surface area (Å²) in [5, 5.41) is 12.6. The van der Waals surface area contributed by atoms with E-state index in [0.717, 1.165) is 32.5 Å². The van der Waals surface area contributed by atoms with Crippen molar-refractivity contribution in [3.8, 4) is 6.07 Å². The summed E-state index contributed by atoms with van der Waals surface area (Å²) in [5.74, 6) is 0.440. The number of nitrogens with two attached hydrogens (primary N) is 1. The molecule has 2 fully saturated rings. The van der Waals surface area contributed by atoms with Crippen LogP contribution in [-0.2, 0) is 4.79 Å². The first-order valence-corrected chi connectivity index (χ1v) is 9.30. The number of nitrogens with zero attached hydrogens (tertiary/aromatic N) is 2. The highest BCUT2D eigenvalue weighted by Crippen LogP contribution is 2.27. The van der Waals surface area contributed by atoms with Crippen molar-refractivity contribution in [2.24, 2.45) is 11.7 Å². The standard InChI is InChI=1S/C18H32N4O/c1-2-10-22-11-8-18(14-19,9-12-22)21-17(23)16(20)13-15-6-4-3-5-7-15/h15-16H,2-13,20H2,1H3,(H,21,23). The molecular formula is C18H32N4O. The Morgan fingerprint density at radius 1 is 1.35 bits per heavy atom. The third kappa shape index (κ3) is 5.19. The Kier molecular flexibility index (Phi) is 6.86. The van der Waals surface area contributed by atoms with E-state index in [1.165, 1.54) is 32.1 Å². The van der Waals surface area contributed by atoms with E-state index in [1.54, 1.807) is 0 Å². The Hall–Kier alpha value is -1.12. The van der Waals surface area contributed by atoms with E-state index in [4.69, 9.17) is 5.73 Å². The van der Waals surface area contributed by atoms with Crippen molar-refractivity contribution >= 4 is 5.91 Å². The molecule has 1 amide bonds. The lowest BCUT2D eigenvalue weighted by molar-refractivity contribution is -0.124. The topological polar surface area (TPSA) is 82.2 Å². The van der Waals surface area contributed by atoms with Gasteiger partial charge in [0.15, 0.2) is 0 Å². The third-order valence-electron chi connectivity index (χ3n) is 5.47. The predicted octanol–water partition coefficient (Wildman–Crippen LogP) is 2.17. The summed E-state index contributed by atoms with van der Waals surface area (Å²) in [4.78, 5) is 14.8. The van der Waals surface area contributed by atoms with Crippen molar-refractivity contribution in [3.05, 3.63) is 0 Å². The molecule has 2 aliphatic rings. The smallest absolute Gasteiger partial charge is 0.238 e. The van der Waals surface area contributed by atoms with Gasteiger partial charge >= 0.3 is 0 Å². The van der Waals surface area contributed by atoms with Crippen LogP contribution in [0.1, 0.15) is 64.7 Å². The Bertz CT molecular complexity index is 417. The van der Waals surface area contributed by atoms with E-state index in [-0.39, 0.29) is 5.91 Å². The molecule has 130 valence electrons. The number of carbonyl (C=O) groups excluding carboxylic acids is 1. The van der Waals surface area contributed by atoms with Crippen molar-refractivity contribution in [2.75, 3.05) is 19.6 Å². The van der Waals surface area contributed by atoms with Gasteiger partial charge in [-0.2, -0.15) is 5.26 Å². The normalized spacial score (nSPS) is 23.9. The summed E-state index contributed by atoms with van der Waals surface area (Å²) in [6, 6.07) is 1.88. The molecule has 1 atom stereocenters. The van der Waals surface area contributed by atoms with E-state index >= 15 is 0 Å². The molecule has 5 nitrogen and oxygen atoms in total. The molecule has 1 saturated heterocycles. The van der Waals surface area contributed by atoms with E-state index in [9.17, 15) is 10.1 Å². The average Bonchev–Trinajstić information content (AvgIpc) is 2.58. The summed E-state index contributed by atoms with van der Waals surface area (Å²) in [6.07, 6.45) is 9.49. The second-order valence-electron chi connectivity index (χ2n) is 7.37. The second-order valence-corrected chi connectivity index (χ2v) is 7.37. The number of hydrogen-bond acceptors (Lipinski definition) is 4. The van der Waals surface area contributed by atoms with Crippen LogP contribution < -0.4 is 11.1 Å². The van der Waals surface area contributed by atoms with Crippen LogP contribution in [0.3, 0.4) is 0 Å². The van der Waals surface area contributed by atoms with Crippen LogP contribution in [-0.4, -0.2) is 42.0 Å². The molecule has 0 bridgehead atoms. The zero-order valence-electron chi connectivity index (χ0n) is 14.5. The molecular weight excluding hydrogens is 288 g/mol. The molecule has 1 unspecified atom stereocenters. The molecule has 23 heavy (non-hydrogen) atoms. The van der Waals surface area contributed by atoms with Gasteiger partial charge in [0, 0.05) is 13.1 Å². The molecule has 0 spiro atoms. The van der Waals surface area contributed by atoms with E-state index in [0.29, 0.717) is 18.8 Å². The predicted molar refractivity (Wildman–Crippen MR) is 91.6 cm³/mol. The molecule has 5 heteroatoms. The second kappa shape index (κ2) is 8.65. The van der Waals surface area contributed by atoms with Gasteiger partial charge in [-0.1, -0.05) is 39.0 Å². The largest absolute Gasteiger partial charge is 0.336 e. The maximum absolute atomic E-state index is 12.5. The molecule has 0 aromatic carbocycles. The minimum absolute atomic E-state index is 0.138. The maximum Gasteiger partial charge on any atom is 0.238 e. The van der Waals surface area contributed by atoms with Crippen molar-refractivity contribution in [1.82, 2.24) is 10.2 Å². The lowest BCUT2D eigenvalue weighted by atomic mass is 9.84. The zero-order valence-corrected chi connectivity index (χ0v) is 14.5. The van der Waals surface area contributed by atoms with Crippen LogP contribution in [0.2, 0.25) is 0 Å². The Balaban J connectivity index is 1.83. The van der Waals surface area contributed by atoms with Crippen molar-refractivity contribution in [2.45, 2.75) is 76.3 Å². The molecule has 1 saturated carbocycles. The number of nitriles is 1. The fraction of sp³-hybridized carbons (Fsp3) is 0.889. The molecule has 1 heterocycles. The summed E-state index contributed by atoms with van der Waals surface area (Å²) in [7, 11) is 0. The van der Waals surface area contributed by atoms with Gasteiger partial charge in [-0.15, -0.1) is 0 Å². The molecule has 0 radical (unpaired) electrons. The number of rotatable bonds is 6. The van der Waals surface area contributed by atoms with Gasteiger partial charge in [-0.25, -0.2) is 0 Å². The first kappa shape index (κ1) is 18.2. The SMILES string of the molecule is CCCN1CCC(C#N)(NC(=O)C(N)CC2CCCCC2)CC1. The summed E-state index contributed by atoms with van der Waals surface area (Å²) in [6.45, 7) is 4.98. The number of nitrogens with one attached hydrogen (secondary N) is 1. The molecule has 1 aliphatic heterocycles. The Morgan fingerprint density at radius 3 is 2.57 bits per heavy atom. The first-order chi connectivity index (χ1) is 11.1. The zero-order chi connectivity index (χ0) is 16.7. The molecule has 0 aromatic rings. The van der Waals surface area contributed by atoms with E-state index in [1.807, 2.05) is 0 Å². The Morgan fingerprint density at radius 2 is 2.00 bits per heavy atom. The number of likely N-dealkylation sites (tertiary alicyclic amines) is 1. The van der Waals surface area contributed by atoms with Gasteiger partial charge in [-0.3, -0.25) is 4.79 Å². The van der Waals surface area contributed by atoms with Gasteiger partial charge in [-0.05, 0) is 38.1 Å². The van der Waals surface area contributed by atoms with Crippen molar-refractivity contribution < 1.29 is 4.79 Å². The van der Waals surface area contributed by atoms with Crippen LogP contribution in [0.4, 0.5) is 0 Å². The summed E-state index contributed by atoms with van der Waals surface area (Å²) in [5.41, 5.74) is 5.41. The molecule has 2 rings (SSSR count). The highest BCUT2D eigenvalue weighted by atomic mass is 16.2. The minimum Gasteiger partial charge on any atom is -0.336 e. The van der Waals surface area contributed by atoms with Gasteiger partial charge in [0.2, 0.25) is 5.91 Å². The number of carbonyl (C=O) groups is 1. The fourth-order valence-corrected chi connectivity index (χ4v) is 3.96. The molecule has 1 aliphatic carbocycles. The lowest BCUT2D eigenvalue weighted by Gasteiger charge is -2.38. The maximum atomic E-state index is 12.5. The summed E-state index contributed by atoms with van der Waals surface area (Å²) < 4.78 is 0. The highest BCUT2D eigenvalue weighted by molar-refractivity contribution is 5.82. The van der Waals surface area contributed by atoms with E-state index < -0.39 is 11.6 Å². The van der Waals surface area contributed by atoms with Crippen LogP contribution in [0.15, 0.2) is 0 Å². The number of piperidine rings is 1.